The number of alkyl halides is 3. The predicted octanol–water partition coefficient (Wildman–Crippen LogP) is 3.22. The fourth-order valence-electron chi connectivity index (χ4n) is 2.26. The van der Waals surface area contributed by atoms with Crippen molar-refractivity contribution < 1.29 is 32.5 Å². The maximum absolute atomic E-state index is 12.2. The molecule has 1 aliphatic rings. The van der Waals surface area contributed by atoms with E-state index >= 15 is 0 Å². The number of aromatic carboxylic acids is 1. The lowest BCUT2D eigenvalue weighted by Crippen LogP contribution is -2.20. The third-order valence-electron chi connectivity index (χ3n) is 3.27. The van der Waals surface area contributed by atoms with Crippen molar-refractivity contribution in [2.45, 2.75) is 24.9 Å². The van der Waals surface area contributed by atoms with Gasteiger partial charge < -0.3 is 14.6 Å². The maximum atomic E-state index is 12.2. The number of ether oxygens (including phenoxy) is 2. The molecule has 1 aromatic carbocycles. The van der Waals surface area contributed by atoms with Crippen LogP contribution < -0.4 is 4.74 Å². The number of carboxylic acid groups (broad SMARTS) is 1. The topological polar surface area (TPSA) is 55.8 Å². The first-order chi connectivity index (χ1) is 9.85. The normalized spacial score (nSPS) is 16.7. The molecule has 1 aromatic rings. The van der Waals surface area contributed by atoms with Crippen LogP contribution in [0.5, 0.6) is 5.75 Å². The van der Waals surface area contributed by atoms with E-state index in [2.05, 4.69) is 4.74 Å². The van der Waals surface area contributed by atoms with Crippen molar-refractivity contribution in [3.63, 3.8) is 0 Å². The quantitative estimate of drug-likeness (QED) is 0.928. The number of hydrogen-bond acceptors (Lipinski definition) is 3. The molecule has 1 N–H and O–H groups in total. The largest absolute Gasteiger partial charge is 0.484 e. The van der Waals surface area contributed by atoms with E-state index in [1.807, 2.05) is 0 Å². The average molecular weight is 304 g/mol. The summed E-state index contributed by atoms with van der Waals surface area (Å²) in [6.45, 7) is -0.329. The highest BCUT2D eigenvalue weighted by Crippen LogP contribution is 2.31. The molecule has 4 nitrogen and oxygen atoms in total. The fourth-order valence-corrected chi connectivity index (χ4v) is 2.26. The first-order valence-corrected chi connectivity index (χ1v) is 6.51. The van der Waals surface area contributed by atoms with E-state index in [0.717, 1.165) is 6.07 Å². The number of carbonyl (C=O) groups is 1. The molecule has 7 heteroatoms. The lowest BCUT2D eigenvalue weighted by molar-refractivity contribution is -0.153. The highest BCUT2D eigenvalue weighted by Gasteiger charge is 2.29. The highest BCUT2D eigenvalue weighted by atomic mass is 19.4. The van der Waals surface area contributed by atoms with E-state index in [9.17, 15) is 18.0 Å². The minimum atomic E-state index is -4.46. The van der Waals surface area contributed by atoms with Crippen LogP contribution in [-0.2, 0) is 4.74 Å². The summed E-state index contributed by atoms with van der Waals surface area (Å²) in [7, 11) is 0. The Hall–Kier alpha value is -1.76. The molecule has 0 spiro atoms. The van der Waals surface area contributed by atoms with Gasteiger partial charge in [0.1, 0.15) is 5.75 Å². The van der Waals surface area contributed by atoms with Crippen molar-refractivity contribution in [1.29, 1.82) is 0 Å². The second-order valence-corrected chi connectivity index (χ2v) is 4.89. The van der Waals surface area contributed by atoms with Gasteiger partial charge in [-0.15, -0.1) is 0 Å². The van der Waals surface area contributed by atoms with Crippen molar-refractivity contribution in [2.24, 2.45) is 0 Å². The van der Waals surface area contributed by atoms with Gasteiger partial charge >= 0.3 is 12.1 Å². The lowest BCUT2D eigenvalue weighted by Gasteiger charge is -2.23. The molecule has 116 valence electrons. The van der Waals surface area contributed by atoms with Crippen molar-refractivity contribution >= 4 is 5.97 Å². The van der Waals surface area contributed by atoms with Crippen LogP contribution in [0, 0.1) is 0 Å². The first kappa shape index (κ1) is 15.6. The lowest BCUT2D eigenvalue weighted by atomic mass is 9.90. The standard InChI is InChI=1S/C14H15F3O4/c15-14(16,17)8-21-12-6-10(5-11(7-12)13(18)19)9-1-3-20-4-2-9/h5-7,9H,1-4,8H2,(H,18,19). The van der Waals surface area contributed by atoms with Gasteiger partial charge in [0, 0.05) is 13.2 Å². The minimum Gasteiger partial charge on any atom is -0.484 e. The van der Waals surface area contributed by atoms with Crippen molar-refractivity contribution in [3.05, 3.63) is 29.3 Å². The summed E-state index contributed by atoms with van der Waals surface area (Å²) in [5.41, 5.74) is 0.603. The zero-order valence-electron chi connectivity index (χ0n) is 11.2. The number of benzene rings is 1. The molecule has 0 bridgehead atoms. The Kier molecular flexibility index (Phi) is 4.72. The summed E-state index contributed by atoms with van der Waals surface area (Å²) in [6.07, 6.45) is -3.04. The van der Waals surface area contributed by atoms with Gasteiger partial charge in [0.15, 0.2) is 6.61 Å². The molecule has 1 aliphatic heterocycles. The van der Waals surface area contributed by atoms with Crippen molar-refractivity contribution in [1.82, 2.24) is 0 Å². The summed E-state index contributed by atoms with van der Waals surface area (Å²) in [5.74, 6) is -1.19. The van der Waals surface area contributed by atoms with Crippen LogP contribution in [0.15, 0.2) is 18.2 Å². The summed E-state index contributed by atoms with van der Waals surface area (Å²) >= 11 is 0. The second-order valence-electron chi connectivity index (χ2n) is 4.89. The highest BCUT2D eigenvalue weighted by molar-refractivity contribution is 5.88. The van der Waals surface area contributed by atoms with Gasteiger partial charge in [0.2, 0.25) is 0 Å². The molecule has 0 amide bonds. The van der Waals surface area contributed by atoms with E-state index in [4.69, 9.17) is 9.84 Å². The molecule has 0 radical (unpaired) electrons. The van der Waals surface area contributed by atoms with E-state index in [-0.39, 0.29) is 17.2 Å². The fraction of sp³-hybridized carbons (Fsp3) is 0.500. The van der Waals surface area contributed by atoms with E-state index < -0.39 is 18.8 Å². The van der Waals surface area contributed by atoms with E-state index in [1.54, 1.807) is 0 Å². The molecule has 1 saturated heterocycles. The summed E-state index contributed by atoms with van der Waals surface area (Å²) in [6, 6.07) is 4.07. The monoisotopic (exact) mass is 304 g/mol. The van der Waals surface area contributed by atoms with E-state index in [0.29, 0.717) is 31.6 Å². The van der Waals surface area contributed by atoms with Gasteiger partial charge in [-0.3, -0.25) is 0 Å². The van der Waals surface area contributed by atoms with E-state index in [1.165, 1.54) is 12.1 Å². The molecule has 21 heavy (non-hydrogen) atoms. The predicted molar refractivity (Wildman–Crippen MR) is 67.7 cm³/mol. The van der Waals surface area contributed by atoms with Crippen molar-refractivity contribution in [3.8, 4) is 5.75 Å². The van der Waals surface area contributed by atoms with Gasteiger partial charge in [-0.2, -0.15) is 13.2 Å². The molecular weight excluding hydrogens is 289 g/mol. The molecule has 0 saturated carbocycles. The van der Waals surface area contributed by atoms with Crippen LogP contribution >= 0.6 is 0 Å². The second kappa shape index (κ2) is 6.34. The molecule has 0 aliphatic carbocycles. The molecule has 0 atom stereocenters. The number of hydrogen-bond donors (Lipinski definition) is 1. The van der Waals surface area contributed by atoms with Gasteiger partial charge in [-0.1, -0.05) is 0 Å². The summed E-state index contributed by atoms with van der Waals surface area (Å²) in [4.78, 5) is 11.1. The molecule has 1 fully saturated rings. The van der Waals surface area contributed by atoms with Crippen LogP contribution in [0.25, 0.3) is 0 Å². The summed E-state index contributed by atoms with van der Waals surface area (Å²) in [5, 5.41) is 9.06. The van der Waals surface area contributed by atoms with Gasteiger partial charge in [0.05, 0.1) is 5.56 Å². The van der Waals surface area contributed by atoms with Crippen LogP contribution in [0.4, 0.5) is 13.2 Å². The van der Waals surface area contributed by atoms with Crippen LogP contribution in [-0.4, -0.2) is 37.1 Å². The Morgan fingerprint density at radius 2 is 1.95 bits per heavy atom. The zero-order valence-corrected chi connectivity index (χ0v) is 11.2. The third-order valence-corrected chi connectivity index (χ3v) is 3.27. The van der Waals surface area contributed by atoms with Crippen molar-refractivity contribution in [2.75, 3.05) is 19.8 Å². The van der Waals surface area contributed by atoms with Crippen LogP contribution in [0.3, 0.4) is 0 Å². The number of rotatable bonds is 4. The Morgan fingerprint density at radius 1 is 1.29 bits per heavy atom. The Bertz CT molecular complexity index is 507. The number of carboxylic acids is 1. The third kappa shape index (κ3) is 4.63. The van der Waals surface area contributed by atoms with Crippen LogP contribution in [0.2, 0.25) is 0 Å². The molecule has 0 aromatic heterocycles. The SMILES string of the molecule is O=C(O)c1cc(OCC(F)(F)F)cc(C2CCOCC2)c1. The maximum Gasteiger partial charge on any atom is 0.422 e. The molecule has 1 heterocycles. The average Bonchev–Trinajstić information content (AvgIpc) is 2.45. The number of halogens is 3. The molecule has 2 rings (SSSR count). The Labute approximate surface area is 119 Å². The Balaban J connectivity index is 2.23. The van der Waals surface area contributed by atoms with Gasteiger partial charge in [-0.25, -0.2) is 4.79 Å². The van der Waals surface area contributed by atoms with Crippen LogP contribution in [0.1, 0.15) is 34.7 Å². The van der Waals surface area contributed by atoms with Gasteiger partial charge in [0.25, 0.3) is 0 Å². The first-order valence-electron chi connectivity index (χ1n) is 6.51. The van der Waals surface area contributed by atoms with Gasteiger partial charge in [-0.05, 0) is 42.5 Å². The summed E-state index contributed by atoms with van der Waals surface area (Å²) < 4.78 is 46.5. The molecule has 0 unspecified atom stereocenters. The minimum absolute atomic E-state index is 0.0730. The molecular formula is C14H15F3O4. The Morgan fingerprint density at radius 3 is 2.52 bits per heavy atom. The smallest absolute Gasteiger partial charge is 0.422 e. The zero-order chi connectivity index (χ0) is 15.5.